The molecule has 0 spiro atoms. The summed E-state index contributed by atoms with van der Waals surface area (Å²) in [6.45, 7) is 0.124. The molecule has 0 saturated heterocycles. The first-order valence-corrected chi connectivity index (χ1v) is 9.86. The Bertz CT molecular complexity index is 1240. The van der Waals surface area contributed by atoms with Crippen molar-refractivity contribution in [3.05, 3.63) is 72.1 Å². The molecule has 2 aromatic carbocycles. The fourth-order valence-electron chi connectivity index (χ4n) is 4.22. The molecule has 1 aliphatic carbocycles. The molecule has 0 atom stereocenters. The third kappa shape index (κ3) is 3.67. The van der Waals surface area contributed by atoms with Crippen molar-refractivity contribution < 1.29 is 18.0 Å². The van der Waals surface area contributed by atoms with Crippen LogP contribution in [0.3, 0.4) is 0 Å². The zero-order chi connectivity index (χ0) is 21.5. The summed E-state index contributed by atoms with van der Waals surface area (Å²) in [5, 5.41) is 10.8. The maximum Gasteiger partial charge on any atom is 0.240 e. The summed E-state index contributed by atoms with van der Waals surface area (Å²) in [6, 6.07) is 7.98. The van der Waals surface area contributed by atoms with Gasteiger partial charge in [-0.2, -0.15) is 0 Å². The second-order valence-corrected chi connectivity index (χ2v) is 7.80. The number of H-pyrrole nitrogens is 1. The standard InChI is InChI=1S/C22H18F3N5O/c23-14-3-1-12(2-4-14)21-20(17-7-15(24)8-18(25)22(17)29-21)13-5-16(6-13)28-19(31)9-30-10-26-27-11-30/h1-4,7-8,10-11,13,16,29H,5-6,9H2,(H,28,31). The lowest BCUT2D eigenvalue weighted by Crippen LogP contribution is -2.44. The number of benzene rings is 2. The van der Waals surface area contributed by atoms with Gasteiger partial charge < -0.3 is 14.9 Å². The highest BCUT2D eigenvalue weighted by Gasteiger charge is 2.35. The van der Waals surface area contributed by atoms with E-state index in [2.05, 4.69) is 20.5 Å². The molecule has 1 fully saturated rings. The van der Waals surface area contributed by atoms with Crippen LogP contribution in [0, 0.1) is 17.5 Å². The molecule has 2 heterocycles. The summed E-state index contributed by atoms with van der Waals surface area (Å²) in [4.78, 5) is 15.3. The molecule has 1 saturated carbocycles. The lowest BCUT2D eigenvalue weighted by atomic mass is 9.74. The number of nitrogens with zero attached hydrogens (tertiary/aromatic N) is 3. The van der Waals surface area contributed by atoms with Crippen molar-refractivity contribution in [1.29, 1.82) is 0 Å². The molecule has 2 N–H and O–H groups in total. The zero-order valence-electron chi connectivity index (χ0n) is 16.3. The van der Waals surface area contributed by atoms with Crippen molar-refractivity contribution in [2.45, 2.75) is 31.3 Å². The summed E-state index contributed by atoms with van der Waals surface area (Å²) < 4.78 is 43.4. The van der Waals surface area contributed by atoms with E-state index in [9.17, 15) is 18.0 Å². The second-order valence-electron chi connectivity index (χ2n) is 7.80. The molecule has 4 aromatic rings. The monoisotopic (exact) mass is 425 g/mol. The number of halogens is 3. The minimum atomic E-state index is -0.678. The number of nitrogens with one attached hydrogen (secondary N) is 2. The third-order valence-corrected chi connectivity index (χ3v) is 5.70. The first-order chi connectivity index (χ1) is 15.0. The Balaban J connectivity index is 1.42. The average Bonchev–Trinajstić information content (AvgIpc) is 3.33. The molecule has 0 bridgehead atoms. The van der Waals surface area contributed by atoms with Gasteiger partial charge in [0.15, 0.2) is 0 Å². The van der Waals surface area contributed by atoms with Crippen molar-refractivity contribution in [2.24, 2.45) is 0 Å². The highest BCUT2D eigenvalue weighted by molar-refractivity contribution is 5.92. The number of carbonyl (C=O) groups is 1. The molecule has 1 aliphatic rings. The van der Waals surface area contributed by atoms with Gasteiger partial charge in [-0.25, -0.2) is 13.2 Å². The van der Waals surface area contributed by atoms with Crippen LogP contribution >= 0.6 is 0 Å². The van der Waals surface area contributed by atoms with Crippen molar-refractivity contribution in [3.8, 4) is 11.3 Å². The van der Waals surface area contributed by atoms with Crippen molar-refractivity contribution in [2.75, 3.05) is 0 Å². The van der Waals surface area contributed by atoms with Gasteiger partial charge in [-0.3, -0.25) is 4.79 Å². The summed E-state index contributed by atoms with van der Waals surface area (Å²) >= 11 is 0. The van der Waals surface area contributed by atoms with E-state index >= 15 is 0 Å². The average molecular weight is 425 g/mol. The molecule has 0 radical (unpaired) electrons. The van der Waals surface area contributed by atoms with E-state index in [1.165, 1.54) is 30.9 Å². The molecule has 0 aliphatic heterocycles. The molecule has 5 rings (SSSR count). The number of hydrogen-bond acceptors (Lipinski definition) is 3. The van der Waals surface area contributed by atoms with E-state index in [1.54, 1.807) is 16.7 Å². The number of hydrogen-bond donors (Lipinski definition) is 2. The predicted molar refractivity (Wildman–Crippen MR) is 108 cm³/mol. The third-order valence-electron chi connectivity index (χ3n) is 5.70. The molecule has 6 nitrogen and oxygen atoms in total. The zero-order valence-corrected chi connectivity index (χ0v) is 16.3. The molecule has 2 aromatic heterocycles. The SMILES string of the molecule is O=C(Cn1cnnc1)NC1CC(c2c(-c3ccc(F)cc3)[nH]c3c(F)cc(F)cc23)C1. The van der Waals surface area contributed by atoms with Gasteiger partial charge >= 0.3 is 0 Å². The first-order valence-electron chi connectivity index (χ1n) is 9.86. The van der Waals surface area contributed by atoms with Gasteiger partial charge in [0.05, 0.1) is 11.2 Å². The van der Waals surface area contributed by atoms with E-state index in [0.717, 1.165) is 11.6 Å². The number of rotatable bonds is 5. The largest absolute Gasteiger partial charge is 0.352 e. The molecule has 158 valence electrons. The van der Waals surface area contributed by atoms with Gasteiger partial charge in [0.1, 0.15) is 36.7 Å². The molecular formula is C22H18F3N5O. The van der Waals surface area contributed by atoms with Crippen LogP contribution in [0.5, 0.6) is 0 Å². The number of amides is 1. The number of carbonyl (C=O) groups excluding carboxylic acids is 1. The maximum absolute atomic E-state index is 14.4. The topological polar surface area (TPSA) is 75.6 Å². The van der Waals surface area contributed by atoms with Gasteiger partial charge in [-0.15, -0.1) is 10.2 Å². The van der Waals surface area contributed by atoms with Gasteiger partial charge in [0.25, 0.3) is 0 Å². The van der Waals surface area contributed by atoms with E-state index in [1.807, 2.05) is 0 Å². The summed E-state index contributed by atoms with van der Waals surface area (Å²) in [7, 11) is 0. The lowest BCUT2D eigenvalue weighted by Gasteiger charge is -2.36. The van der Waals surface area contributed by atoms with Crippen LogP contribution in [0.25, 0.3) is 22.2 Å². The Hall–Kier alpha value is -3.62. The van der Waals surface area contributed by atoms with Gasteiger partial charge in [-0.05, 0) is 60.2 Å². The maximum atomic E-state index is 14.4. The van der Waals surface area contributed by atoms with Gasteiger partial charge in [0, 0.05) is 17.5 Å². The Kier molecular flexibility index (Phi) is 4.72. The predicted octanol–water partition coefficient (Wildman–Crippen LogP) is 3.91. The van der Waals surface area contributed by atoms with E-state index in [-0.39, 0.29) is 35.7 Å². The van der Waals surface area contributed by atoms with Crippen LogP contribution in [0.15, 0.2) is 49.1 Å². The number of aromatic amines is 1. The molecular weight excluding hydrogens is 407 g/mol. The van der Waals surface area contributed by atoms with Crippen LogP contribution in [0.2, 0.25) is 0 Å². The van der Waals surface area contributed by atoms with Crippen LogP contribution in [0.4, 0.5) is 13.2 Å². The van der Waals surface area contributed by atoms with E-state index in [4.69, 9.17) is 0 Å². The Labute approximate surface area is 175 Å². The van der Waals surface area contributed by atoms with Crippen molar-refractivity contribution >= 4 is 16.8 Å². The Morgan fingerprint density at radius 1 is 1.06 bits per heavy atom. The Morgan fingerprint density at radius 3 is 2.48 bits per heavy atom. The minimum absolute atomic E-state index is 0.00443. The minimum Gasteiger partial charge on any atom is -0.352 e. The van der Waals surface area contributed by atoms with Gasteiger partial charge in [-0.1, -0.05) is 0 Å². The molecule has 31 heavy (non-hydrogen) atoms. The normalized spacial score (nSPS) is 18.2. The highest BCUT2D eigenvalue weighted by Crippen LogP contribution is 2.45. The summed E-state index contributed by atoms with van der Waals surface area (Å²) in [5.41, 5.74) is 2.33. The van der Waals surface area contributed by atoms with Crippen LogP contribution in [-0.4, -0.2) is 31.7 Å². The molecule has 9 heteroatoms. The van der Waals surface area contributed by atoms with E-state index < -0.39 is 11.6 Å². The van der Waals surface area contributed by atoms with Crippen molar-refractivity contribution in [3.63, 3.8) is 0 Å². The lowest BCUT2D eigenvalue weighted by molar-refractivity contribution is -0.123. The van der Waals surface area contributed by atoms with Crippen molar-refractivity contribution in [1.82, 2.24) is 25.1 Å². The highest BCUT2D eigenvalue weighted by atomic mass is 19.1. The summed E-state index contributed by atoms with van der Waals surface area (Å²) in [5.74, 6) is -1.87. The van der Waals surface area contributed by atoms with Crippen LogP contribution in [0.1, 0.15) is 24.3 Å². The quantitative estimate of drug-likeness (QED) is 0.509. The Morgan fingerprint density at radius 2 is 1.77 bits per heavy atom. The first kappa shape index (κ1) is 19.3. The van der Waals surface area contributed by atoms with Crippen LogP contribution in [-0.2, 0) is 11.3 Å². The van der Waals surface area contributed by atoms with Gasteiger partial charge in [0.2, 0.25) is 5.91 Å². The molecule has 1 amide bonds. The smallest absolute Gasteiger partial charge is 0.240 e. The number of aromatic nitrogens is 4. The van der Waals surface area contributed by atoms with Crippen LogP contribution < -0.4 is 5.32 Å². The number of fused-ring (bicyclic) bond motifs is 1. The fourth-order valence-corrected chi connectivity index (χ4v) is 4.22. The second kappa shape index (κ2) is 7.57. The molecule has 0 unspecified atom stereocenters. The van der Waals surface area contributed by atoms with E-state index in [0.29, 0.717) is 29.5 Å². The fraction of sp³-hybridized carbons (Fsp3) is 0.227. The summed E-state index contributed by atoms with van der Waals surface area (Å²) in [6.07, 6.45) is 4.20.